The summed E-state index contributed by atoms with van der Waals surface area (Å²) in [6, 6.07) is 51.5. The first kappa shape index (κ1) is 28.5. The second kappa shape index (κ2) is 9.98. The Bertz CT molecular complexity index is 3400. The van der Waals surface area contributed by atoms with Gasteiger partial charge < -0.3 is 0 Å². The molecule has 236 valence electrons. The Labute approximate surface area is 309 Å². The van der Waals surface area contributed by atoms with Crippen molar-refractivity contribution in [2.45, 2.75) is 14.7 Å². The lowest BCUT2D eigenvalue weighted by Gasteiger charge is -2.24. The number of benzene rings is 12. The standard InChI is InChI=1S/C48H26S3/c49-46-33-19-15-26-6-1-4-24-10-12-30(41(33)38(24)26)22-36(46)44-32-18-14-28-8-3-9-29-17-21-35(43(32)40(28)29)48(51)45(44)37-23-31-13-11-25-5-2-7-27-16-20-34(47(37)50)42(31)39(25)27/h1-23,49-51H. The monoisotopic (exact) mass is 698 g/mol. The molecular weight excluding hydrogens is 673 g/mol. The van der Waals surface area contributed by atoms with Crippen LogP contribution in [0.5, 0.6) is 0 Å². The molecule has 0 amide bonds. The van der Waals surface area contributed by atoms with Crippen molar-refractivity contribution >= 4 is 135 Å². The van der Waals surface area contributed by atoms with Crippen LogP contribution in [0.1, 0.15) is 0 Å². The maximum atomic E-state index is 5.50. The predicted octanol–water partition coefficient (Wildman–Crippen LogP) is 14.6. The maximum Gasteiger partial charge on any atom is 0.0205 e. The Morgan fingerprint density at radius 1 is 0.255 bits per heavy atom. The Kier molecular flexibility index (Phi) is 5.58. The predicted molar refractivity (Wildman–Crippen MR) is 230 cm³/mol. The molecule has 0 unspecified atom stereocenters. The molecule has 0 aliphatic heterocycles. The van der Waals surface area contributed by atoms with Crippen molar-refractivity contribution in [1.29, 1.82) is 0 Å². The van der Waals surface area contributed by atoms with Crippen LogP contribution in [0.25, 0.3) is 119 Å². The van der Waals surface area contributed by atoms with Gasteiger partial charge in [-0.25, -0.2) is 0 Å². The summed E-state index contributed by atoms with van der Waals surface area (Å²) >= 11 is 16.3. The van der Waals surface area contributed by atoms with Crippen LogP contribution < -0.4 is 0 Å². The van der Waals surface area contributed by atoms with E-state index in [4.69, 9.17) is 37.9 Å². The van der Waals surface area contributed by atoms with E-state index in [1.54, 1.807) is 0 Å². The molecule has 0 fully saturated rings. The van der Waals surface area contributed by atoms with Crippen LogP contribution >= 0.6 is 37.9 Å². The van der Waals surface area contributed by atoms with E-state index in [1.165, 1.54) is 80.8 Å². The third kappa shape index (κ3) is 3.61. The molecule has 0 atom stereocenters. The molecule has 0 spiro atoms. The van der Waals surface area contributed by atoms with Gasteiger partial charge in [0, 0.05) is 20.2 Å². The van der Waals surface area contributed by atoms with E-state index in [-0.39, 0.29) is 0 Å². The second-order valence-corrected chi connectivity index (χ2v) is 15.4. The summed E-state index contributed by atoms with van der Waals surface area (Å²) in [5.74, 6) is 0. The highest BCUT2D eigenvalue weighted by molar-refractivity contribution is 7.81. The average molecular weight is 699 g/mol. The van der Waals surface area contributed by atoms with Gasteiger partial charge >= 0.3 is 0 Å². The van der Waals surface area contributed by atoms with Crippen LogP contribution in [-0.4, -0.2) is 0 Å². The second-order valence-electron chi connectivity index (χ2n) is 14.0. The number of hydrogen-bond donors (Lipinski definition) is 3. The summed E-state index contributed by atoms with van der Waals surface area (Å²) in [7, 11) is 0. The fraction of sp³-hybridized carbons (Fsp3) is 0. The zero-order chi connectivity index (χ0) is 33.7. The van der Waals surface area contributed by atoms with Gasteiger partial charge in [-0.2, -0.15) is 0 Å². The number of rotatable bonds is 2. The third-order valence-electron chi connectivity index (χ3n) is 11.6. The van der Waals surface area contributed by atoms with Crippen molar-refractivity contribution in [3.05, 3.63) is 140 Å². The van der Waals surface area contributed by atoms with Gasteiger partial charge in [-0.1, -0.05) is 127 Å². The van der Waals surface area contributed by atoms with Crippen molar-refractivity contribution < 1.29 is 0 Å². The molecule has 3 heteroatoms. The molecule has 51 heavy (non-hydrogen) atoms. The van der Waals surface area contributed by atoms with E-state index in [0.29, 0.717) is 0 Å². The molecule has 0 aliphatic carbocycles. The first-order valence-electron chi connectivity index (χ1n) is 17.3. The van der Waals surface area contributed by atoms with Crippen LogP contribution in [0.4, 0.5) is 0 Å². The Hall–Kier alpha value is -5.19. The number of hydrogen-bond acceptors (Lipinski definition) is 3. The minimum Gasteiger partial charge on any atom is -0.142 e. The van der Waals surface area contributed by atoms with Crippen molar-refractivity contribution in [3.8, 4) is 22.3 Å². The molecule has 0 heterocycles. The van der Waals surface area contributed by atoms with Gasteiger partial charge in [-0.15, -0.1) is 37.9 Å². The van der Waals surface area contributed by atoms with E-state index >= 15 is 0 Å². The minimum atomic E-state index is 0.955. The van der Waals surface area contributed by atoms with Crippen molar-refractivity contribution in [2.75, 3.05) is 0 Å². The summed E-state index contributed by atoms with van der Waals surface area (Å²) in [4.78, 5) is 2.89. The van der Waals surface area contributed by atoms with Gasteiger partial charge in [0.05, 0.1) is 0 Å². The topological polar surface area (TPSA) is 0 Å². The van der Waals surface area contributed by atoms with E-state index in [2.05, 4.69) is 140 Å². The SMILES string of the molecule is Sc1c(-c2c(S)c3ccc4cccc5ccc(c2-c2cc6ccc7cccc8ccc(c2S)c6c78)c3c45)cc2ccc3cccc4ccc1c2c34. The minimum absolute atomic E-state index is 0.955. The molecular formula is C48H26S3. The third-order valence-corrected chi connectivity index (χ3v) is 13.0. The normalized spacial score (nSPS) is 12.6. The molecule has 12 rings (SSSR count). The average Bonchev–Trinajstić information content (AvgIpc) is 3.17. The zero-order valence-electron chi connectivity index (χ0n) is 27.1. The molecule has 12 aromatic rings. The van der Waals surface area contributed by atoms with Gasteiger partial charge in [0.1, 0.15) is 0 Å². The van der Waals surface area contributed by atoms with Crippen LogP contribution in [0.3, 0.4) is 0 Å². The molecule has 12 aromatic carbocycles. The molecule has 0 aromatic heterocycles. The van der Waals surface area contributed by atoms with Gasteiger partial charge in [-0.3, -0.25) is 0 Å². The fourth-order valence-corrected chi connectivity index (χ4v) is 10.5. The first-order valence-corrected chi connectivity index (χ1v) is 18.6. The molecule has 0 saturated heterocycles. The van der Waals surface area contributed by atoms with Crippen LogP contribution in [0.15, 0.2) is 154 Å². The van der Waals surface area contributed by atoms with Crippen LogP contribution in [0.2, 0.25) is 0 Å². The summed E-state index contributed by atoms with van der Waals surface area (Å²) in [6.45, 7) is 0. The van der Waals surface area contributed by atoms with Crippen LogP contribution in [0, 0.1) is 0 Å². The largest absolute Gasteiger partial charge is 0.142 e. The van der Waals surface area contributed by atoms with Crippen molar-refractivity contribution in [2.24, 2.45) is 0 Å². The van der Waals surface area contributed by atoms with Gasteiger partial charge in [0.2, 0.25) is 0 Å². The Balaban J connectivity index is 1.29. The lowest BCUT2D eigenvalue weighted by Crippen LogP contribution is -1.97. The van der Waals surface area contributed by atoms with Gasteiger partial charge in [0.15, 0.2) is 0 Å². The summed E-state index contributed by atoms with van der Waals surface area (Å²) < 4.78 is 0. The fourth-order valence-electron chi connectivity index (χ4n) is 9.39. The summed E-state index contributed by atoms with van der Waals surface area (Å²) in [5.41, 5.74) is 4.41. The summed E-state index contributed by atoms with van der Waals surface area (Å²) in [6.07, 6.45) is 0. The Morgan fingerprint density at radius 2 is 0.588 bits per heavy atom. The lowest BCUT2D eigenvalue weighted by molar-refractivity contribution is 1.46. The molecule has 0 aliphatic rings. The van der Waals surface area contributed by atoms with Gasteiger partial charge in [0.25, 0.3) is 0 Å². The molecule has 0 bridgehead atoms. The lowest BCUT2D eigenvalue weighted by atomic mass is 9.82. The van der Waals surface area contributed by atoms with E-state index in [0.717, 1.165) is 53.1 Å². The van der Waals surface area contributed by atoms with Crippen LogP contribution in [-0.2, 0) is 0 Å². The quantitative estimate of drug-likeness (QED) is 0.116. The van der Waals surface area contributed by atoms with E-state index in [9.17, 15) is 0 Å². The highest BCUT2D eigenvalue weighted by Gasteiger charge is 2.26. The molecule has 0 radical (unpaired) electrons. The summed E-state index contributed by atoms with van der Waals surface area (Å²) in [5, 5.41) is 22.2. The zero-order valence-corrected chi connectivity index (χ0v) is 29.8. The Morgan fingerprint density at radius 3 is 1.04 bits per heavy atom. The highest BCUT2D eigenvalue weighted by Crippen LogP contribution is 2.54. The highest BCUT2D eigenvalue weighted by atomic mass is 32.1. The van der Waals surface area contributed by atoms with E-state index < -0.39 is 0 Å². The molecule has 0 N–H and O–H groups in total. The smallest absolute Gasteiger partial charge is 0.0205 e. The molecule has 0 saturated carbocycles. The van der Waals surface area contributed by atoms with Crippen molar-refractivity contribution in [1.82, 2.24) is 0 Å². The molecule has 0 nitrogen and oxygen atoms in total. The van der Waals surface area contributed by atoms with Crippen molar-refractivity contribution in [3.63, 3.8) is 0 Å². The van der Waals surface area contributed by atoms with E-state index in [1.807, 2.05) is 0 Å². The number of thiol groups is 3. The maximum absolute atomic E-state index is 5.50. The van der Waals surface area contributed by atoms with Gasteiger partial charge in [-0.05, 0) is 126 Å². The first-order chi connectivity index (χ1) is 25.0.